The summed E-state index contributed by atoms with van der Waals surface area (Å²) in [6.07, 6.45) is 0.396. The number of nitrogens with zero attached hydrogens (tertiary/aromatic N) is 3. The van der Waals surface area contributed by atoms with Crippen LogP contribution in [0.5, 0.6) is 11.5 Å². The van der Waals surface area contributed by atoms with Gasteiger partial charge in [0, 0.05) is 13.5 Å². The zero-order chi connectivity index (χ0) is 15.6. The molecule has 0 amide bonds. The Morgan fingerprint density at radius 1 is 1.29 bits per heavy atom. The number of hydrogen-bond donors (Lipinski definition) is 1. The van der Waals surface area contributed by atoms with Gasteiger partial charge in [-0.15, -0.1) is 5.10 Å². The second-order valence-corrected chi connectivity index (χ2v) is 5.74. The molecule has 0 aliphatic rings. The van der Waals surface area contributed by atoms with E-state index in [0.29, 0.717) is 28.2 Å². The van der Waals surface area contributed by atoms with Gasteiger partial charge >= 0.3 is 0 Å². The van der Waals surface area contributed by atoms with Gasteiger partial charge in [0.1, 0.15) is 11.3 Å². The van der Waals surface area contributed by atoms with Gasteiger partial charge in [0.05, 0.1) is 14.2 Å². The molecule has 1 aromatic heterocycles. The SMILES string of the molecule is COc1ccc(CC(C)(O)c2c(Br)nnn2C)cc1OC. The first-order chi connectivity index (χ1) is 9.89. The van der Waals surface area contributed by atoms with Crippen LogP contribution in [0.25, 0.3) is 0 Å². The Hall–Kier alpha value is -1.60. The van der Waals surface area contributed by atoms with Crippen LogP contribution in [0.15, 0.2) is 22.8 Å². The quantitative estimate of drug-likeness (QED) is 0.888. The van der Waals surface area contributed by atoms with Crippen LogP contribution in [-0.2, 0) is 19.1 Å². The molecule has 2 aromatic rings. The number of methoxy groups -OCH3 is 2. The van der Waals surface area contributed by atoms with Crippen LogP contribution >= 0.6 is 15.9 Å². The van der Waals surface area contributed by atoms with Crippen molar-refractivity contribution in [2.75, 3.05) is 14.2 Å². The van der Waals surface area contributed by atoms with Gasteiger partial charge in [-0.2, -0.15) is 0 Å². The maximum atomic E-state index is 10.8. The molecule has 6 nitrogen and oxygen atoms in total. The first-order valence-electron chi connectivity index (χ1n) is 6.38. The van der Waals surface area contributed by atoms with E-state index in [4.69, 9.17) is 9.47 Å². The summed E-state index contributed by atoms with van der Waals surface area (Å²) in [6.45, 7) is 1.73. The molecule has 21 heavy (non-hydrogen) atoms. The van der Waals surface area contributed by atoms with Gasteiger partial charge in [-0.25, -0.2) is 4.68 Å². The number of ether oxygens (including phenoxy) is 2. The van der Waals surface area contributed by atoms with Crippen molar-refractivity contribution >= 4 is 15.9 Å². The normalized spacial score (nSPS) is 13.8. The van der Waals surface area contributed by atoms with E-state index in [-0.39, 0.29) is 0 Å². The standard InChI is InChI=1S/C14H18BrN3O3/c1-14(19,12-13(15)16-17-18(12)2)8-9-5-6-10(20-3)11(7-9)21-4/h5-7,19H,8H2,1-4H3. The average Bonchev–Trinajstić information content (AvgIpc) is 2.78. The minimum Gasteiger partial charge on any atom is -0.493 e. The highest BCUT2D eigenvalue weighted by Crippen LogP contribution is 2.33. The van der Waals surface area contributed by atoms with Gasteiger partial charge in [-0.3, -0.25) is 0 Å². The maximum absolute atomic E-state index is 10.8. The van der Waals surface area contributed by atoms with Crippen LogP contribution < -0.4 is 9.47 Å². The molecule has 0 fully saturated rings. The summed E-state index contributed by atoms with van der Waals surface area (Å²) in [4.78, 5) is 0. The van der Waals surface area contributed by atoms with E-state index in [0.717, 1.165) is 5.56 Å². The van der Waals surface area contributed by atoms with Crippen molar-refractivity contribution in [2.24, 2.45) is 7.05 Å². The van der Waals surface area contributed by atoms with Gasteiger partial charge in [0.15, 0.2) is 16.1 Å². The Kier molecular flexibility index (Phi) is 4.53. The summed E-state index contributed by atoms with van der Waals surface area (Å²) in [6, 6.07) is 5.57. The van der Waals surface area contributed by atoms with Crippen molar-refractivity contribution in [2.45, 2.75) is 18.9 Å². The Morgan fingerprint density at radius 2 is 1.95 bits per heavy atom. The molecule has 114 valence electrons. The van der Waals surface area contributed by atoms with Crippen LogP contribution in [-0.4, -0.2) is 34.3 Å². The fourth-order valence-electron chi connectivity index (χ4n) is 2.37. The topological polar surface area (TPSA) is 69.4 Å². The lowest BCUT2D eigenvalue weighted by Gasteiger charge is -2.24. The third kappa shape index (κ3) is 3.19. The first kappa shape index (κ1) is 15.8. The summed E-state index contributed by atoms with van der Waals surface area (Å²) >= 11 is 3.32. The molecule has 7 heteroatoms. The lowest BCUT2D eigenvalue weighted by molar-refractivity contribution is 0.0481. The van der Waals surface area contributed by atoms with Gasteiger partial charge in [0.25, 0.3) is 0 Å². The summed E-state index contributed by atoms with van der Waals surface area (Å²) in [7, 11) is 4.92. The molecule has 1 aromatic carbocycles. The Bertz CT molecular complexity index is 621. The van der Waals surface area contributed by atoms with Crippen molar-refractivity contribution in [3.63, 3.8) is 0 Å². The van der Waals surface area contributed by atoms with Crippen LogP contribution in [0.2, 0.25) is 0 Å². The van der Waals surface area contributed by atoms with Crippen LogP contribution in [0, 0.1) is 0 Å². The third-order valence-electron chi connectivity index (χ3n) is 3.29. The highest BCUT2D eigenvalue weighted by molar-refractivity contribution is 9.10. The Balaban J connectivity index is 2.32. The minimum absolute atomic E-state index is 0.396. The molecule has 1 N–H and O–H groups in total. The number of benzene rings is 1. The number of halogens is 1. The largest absolute Gasteiger partial charge is 0.493 e. The predicted molar refractivity (Wildman–Crippen MR) is 81.5 cm³/mol. The van der Waals surface area contributed by atoms with Crippen molar-refractivity contribution in [3.05, 3.63) is 34.1 Å². The molecule has 2 rings (SSSR count). The lowest BCUT2D eigenvalue weighted by Crippen LogP contribution is -2.28. The highest BCUT2D eigenvalue weighted by atomic mass is 79.9. The van der Waals surface area contributed by atoms with E-state index in [1.807, 2.05) is 18.2 Å². The molecular weight excluding hydrogens is 338 g/mol. The fourth-order valence-corrected chi connectivity index (χ4v) is 3.13. The van der Waals surface area contributed by atoms with Crippen molar-refractivity contribution < 1.29 is 14.6 Å². The fraction of sp³-hybridized carbons (Fsp3) is 0.429. The number of rotatable bonds is 5. The monoisotopic (exact) mass is 355 g/mol. The summed E-state index contributed by atoms with van der Waals surface area (Å²) in [5.41, 5.74) is 0.430. The zero-order valence-electron chi connectivity index (χ0n) is 12.4. The molecule has 0 radical (unpaired) electrons. The minimum atomic E-state index is -1.11. The van der Waals surface area contributed by atoms with Crippen molar-refractivity contribution in [1.29, 1.82) is 0 Å². The molecule has 0 aliphatic carbocycles. The van der Waals surface area contributed by atoms with Gasteiger partial charge in [0.2, 0.25) is 0 Å². The van der Waals surface area contributed by atoms with Crippen LogP contribution in [0.4, 0.5) is 0 Å². The lowest BCUT2D eigenvalue weighted by atomic mass is 9.93. The number of aromatic nitrogens is 3. The Labute approximate surface area is 131 Å². The Morgan fingerprint density at radius 3 is 2.48 bits per heavy atom. The second kappa shape index (κ2) is 6.03. The summed E-state index contributed by atoms with van der Waals surface area (Å²) < 4.78 is 12.6. The maximum Gasteiger partial charge on any atom is 0.160 e. The van der Waals surface area contributed by atoms with Crippen LogP contribution in [0.1, 0.15) is 18.2 Å². The first-order valence-corrected chi connectivity index (χ1v) is 7.17. The van der Waals surface area contributed by atoms with Crippen molar-refractivity contribution in [1.82, 2.24) is 15.0 Å². The molecular formula is C14H18BrN3O3. The van der Waals surface area contributed by atoms with E-state index in [1.54, 1.807) is 32.9 Å². The average molecular weight is 356 g/mol. The molecule has 1 atom stereocenters. The van der Waals surface area contributed by atoms with Crippen LogP contribution in [0.3, 0.4) is 0 Å². The van der Waals surface area contributed by atoms with E-state index in [2.05, 4.69) is 26.2 Å². The molecule has 1 unspecified atom stereocenters. The van der Waals surface area contributed by atoms with Gasteiger partial charge in [-0.05, 0) is 40.5 Å². The van der Waals surface area contributed by atoms with E-state index >= 15 is 0 Å². The zero-order valence-corrected chi connectivity index (χ0v) is 14.0. The number of aliphatic hydroxyl groups is 1. The smallest absolute Gasteiger partial charge is 0.160 e. The molecule has 0 saturated carbocycles. The van der Waals surface area contributed by atoms with E-state index in [1.165, 1.54) is 0 Å². The summed E-state index contributed by atoms with van der Waals surface area (Å²) in [5, 5.41) is 18.6. The molecule has 0 aliphatic heterocycles. The molecule has 0 bridgehead atoms. The van der Waals surface area contributed by atoms with Gasteiger partial charge < -0.3 is 14.6 Å². The third-order valence-corrected chi connectivity index (χ3v) is 3.83. The van der Waals surface area contributed by atoms with E-state index < -0.39 is 5.60 Å². The van der Waals surface area contributed by atoms with Crippen molar-refractivity contribution in [3.8, 4) is 11.5 Å². The number of aryl methyl sites for hydroxylation is 1. The second-order valence-electron chi connectivity index (χ2n) is 4.99. The highest BCUT2D eigenvalue weighted by Gasteiger charge is 2.31. The molecule has 1 heterocycles. The molecule has 0 saturated heterocycles. The van der Waals surface area contributed by atoms with E-state index in [9.17, 15) is 5.11 Å². The summed E-state index contributed by atoms with van der Waals surface area (Å²) in [5.74, 6) is 1.29. The predicted octanol–water partition coefficient (Wildman–Crippen LogP) is 2.04. The van der Waals surface area contributed by atoms with Gasteiger partial charge in [-0.1, -0.05) is 11.3 Å². The number of hydrogen-bond acceptors (Lipinski definition) is 5. The molecule has 0 spiro atoms.